The van der Waals surface area contributed by atoms with E-state index in [0.717, 1.165) is 56.7 Å². The first-order valence-electron chi connectivity index (χ1n) is 11.1. The maximum absolute atomic E-state index is 4.60. The number of hydrogen-bond acceptors (Lipinski definition) is 5. The van der Waals surface area contributed by atoms with E-state index in [9.17, 15) is 0 Å². The number of rotatable bonds is 6. The van der Waals surface area contributed by atoms with E-state index in [2.05, 4.69) is 73.0 Å². The Labute approximate surface area is 207 Å². The van der Waals surface area contributed by atoms with E-state index < -0.39 is 0 Å². The quantitative estimate of drug-likeness (QED) is 0.324. The molecule has 0 aliphatic carbocycles. The van der Waals surface area contributed by atoms with Crippen molar-refractivity contribution in [2.24, 2.45) is 10.9 Å². The van der Waals surface area contributed by atoms with E-state index in [-0.39, 0.29) is 24.0 Å². The highest BCUT2D eigenvalue weighted by atomic mass is 127. The molecular weight excluding hydrogens is 519 g/mol. The maximum Gasteiger partial charge on any atom is 0.191 e. The number of guanidine groups is 1. The van der Waals surface area contributed by atoms with E-state index in [0.29, 0.717) is 12.0 Å². The highest BCUT2D eigenvalue weighted by Crippen LogP contribution is 2.21. The first-order chi connectivity index (χ1) is 14.7. The SMILES string of the molecule is CN=C(NCC1CCN(Cc2csc(C)n2)CC1)NC1CCN(c2ccccc2)C1.I. The van der Waals surface area contributed by atoms with E-state index in [1.807, 2.05) is 7.05 Å². The van der Waals surface area contributed by atoms with Crippen LogP contribution in [-0.4, -0.2) is 61.7 Å². The van der Waals surface area contributed by atoms with E-state index >= 15 is 0 Å². The highest BCUT2D eigenvalue weighted by Gasteiger charge is 2.24. The first-order valence-corrected chi connectivity index (χ1v) is 12.0. The fourth-order valence-corrected chi connectivity index (χ4v) is 5.04. The monoisotopic (exact) mass is 554 g/mol. The molecule has 1 aromatic carbocycles. The second-order valence-corrected chi connectivity index (χ2v) is 9.50. The van der Waals surface area contributed by atoms with Crippen LogP contribution in [0.5, 0.6) is 0 Å². The maximum atomic E-state index is 4.60. The number of anilines is 1. The largest absolute Gasteiger partial charge is 0.369 e. The lowest BCUT2D eigenvalue weighted by molar-refractivity contribution is 0.176. The summed E-state index contributed by atoms with van der Waals surface area (Å²) in [5, 5.41) is 10.6. The molecule has 2 N–H and O–H groups in total. The van der Waals surface area contributed by atoms with Gasteiger partial charge in [-0.15, -0.1) is 35.3 Å². The van der Waals surface area contributed by atoms with Gasteiger partial charge in [-0.05, 0) is 57.3 Å². The van der Waals surface area contributed by atoms with Crippen LogP contribution in [0.1, 0.15) is 30.0 Å². The summed E-state index contributed by atoms with van der Waals surface area (Å²) in [4.78, 5) is 14.1. The highest BCUT2D eigenvalue weighted by molar-refractivity contribution is 14.0. The molecule has 0 radical (unpaired) electrons. The van der Waals surface area contributed by atoms with Crippen molar-refractivity contribution >= 4 is 47.0 Å². The van der Waals surface area contributed by atoms with Gasteiger partial charge in [-0.25, -0.2) is 4.98 Å². The Morgan fingerprint density at radius 3 is 2.61 bits per heavy atom. The molecule has 3 heterocycles. The lowest BCUT2D eigenvalue weighted by Crippen LogP contribution is -2.47. The molecule has 1 atom stereocenters. The van der Waals surface area contributed by atoms with Crippen molar-refractivity contribution in [1.82, 2.24) is 20.5 Å². The van der Waals surface area contributed by atoms with Crippen molar-refractivity contribution in [3.05, 3.63) is 46.4 Å². The summed E-state index contributed by atoms with van der Waals surface area (Å²) in [6.07, 6.45) is 3.61. The van der Waals surface area contributed by atoms with Crippen molar-refractivity contribution in [2.45, 2.75) is 38.8 Å². The Hall–Kier alpha value is -1.39. The minimum absolute atomic E-state index is 0. The van der Waals surface area contributed by atoms with Crippen molar-refractivity contribution in [1.29, 1.82) is 0 Å². The van der Waals surface area contributed by atoms with Gasteiger partial charge in [0, 0.05) is 50.3 Å². The molecule has 4 rings (SSSR count). The van der Waals surface area contributed by atoms with Crippen LogP contribution in [0.2, 0.25) is 0 Å². The van der Waals surface area contributed by atoms with Gasteiger partial charge in [0.25, 0.3) is 0 Å². The molecule has 0 amide bonds. The summed E-state index contributed by atoms with van der Waals surface area (Å²) in [7, 11) is 1.87. The van der Waals surface area contributed by atoms with Crippen LogP contribution < -0.4 is 15.5 Å². The van der Waals surface area contributed by atoms with Gasteiger partial charge in [0.2, 0.25) is 0 Å². The number of piperidine rings is 1. The standard InChI is InChI=1S/C23H34N6S.HI/c1-18-26-21(17-30-18)15-28-11-8-19(9-12-28)14-25-23(24-2)27-20-10-13-29(16-20)22-6-4-3-5-7-22;/h3-7,17,19-20H,8-16H2,1-2H3,(H2,24,25,27);1H. The Bertz CT molecular complexity index is 818. The molecule has 0 bridgehead atoms. The van der Waals surface area contributed by atoms with Crippen LogP contribution in [0.25, 0.3) is 0 Å². The van der Waals surface area contributed by atoms with Gasteiger partial charge in [-0.1, -0.05) is 18.2 Å². The molecule has 2 aromatic rings. The summed E-state index contributed by atoms with van der Waals surface area (Å²) in [5.41, 5.74) is 2.53. The Morgan fingerprint density at radius 2 is 1.94 bits per heavy atom. The average molecular weight is 555 g/mol. The summed E-state index contributed by atoms with van der Waals surface area (Å²) < 4.78 is 0. The van der Waals surface area contributed by atoms with Gasteiger partial charge >= 0.3 is 0 Å². The van der Waals surface area contributed by atoms with Crippen LogP contribution >= 0.6 is 35.3 Å². The number of para-hydroxylation sites is 1. The summed E-state index contributed by atoms with van der Waals surface area (Å²) in [6.45, 7) is 8.51. The van der Waals surface area contributed by atoms with Gasteiger partial charge in [0.1, 0.15) is 0 Å². The molecule has 1 unspecified atom stereocenters. The lowest BCUT2D eigenvalue weighted by Gasteiger charge is -2.32. The summed E-state index contributed by atoms with van der Waals surface area (Å²) in [5.74, 6) is 1.65. The fraction of sp³-hybridized carbons (Fsp3) is 0.565. The van der Waals surface area contributed by atoms with Crippen molar-refractivity contribution in [2.75, 3.05) is 44.7 Å². The molecule has 1 aromatic heterocycles. The molecule has 0 spiro atoms. The molecule has 31 heavy (non-hydrogen) atoms. The molecule has 2 aliphatic rings. The van der Waals surface area contributed by atoms with E-state index in [1.54, 1.807) is 11.3 Å². The minimum atomic E-state index is 0. The molecule has 6 nitrogen and oxygen atoms in total. The smallest absolute Gasteiger partial charge is 0.191 e. The zero-order valence-corrected chi connectivity index (χ0v) is 21.7. The predicted octanol–water partition coefficient (Wildman–Crippen LogP) is 3.73. The second-order valence-electron chi connectivity index (χ2n) is 8.44. The number of thiazole rings is 1. The summed E-state index contributed by atoms with van der Waals surface area (Å²) >= 11 is 1.75. The third-order valence-corrected chi connectivity index (χ3v) is 7.01. The number of aliphatic imine (C=N–C) groups is 1. The number of aryl methyl sites for hydroxylation is 1. The third-order valence-electron chi connectivity index (χ3n) is 6.19. The van der Waals surface area contributed by atoms with Crippen LogP contribution in [0.4, 0.5) is 5.69 Å². The van der Waals surface area contributed by atoms with E-state index in [1.165, 1.54) is 24.2 Å². The number of benzene rings is 1. The van der Waals surface area contributed by atoms with Crippen LogP contribution in [0.15, 0.2) is 40.7 Å². The zero-order chi connectivity index (χ0) is 20.8. The lowest BCUT2D eigenvalue weighted by atomic mass is 9.97. The zero-order valence-electron chi connectivity index (χ0n) is 18.6. The molecule has 8 heteroatoms. The average Bonchev–Trinajstić information content (AvgIpc) is 3.41. The summed E-state index contributed by atoms with van der Waals surface area (Å²) in [6, 6.07) is 11.1. The van der Waals surface area contributed by atoms with Crippen LogP contribution in [0.3, 0.4) is 0 Å². The Kier molecular flexibility index (Phi) is 9.40. The number of hydrogen-bond donors (Lipinski definition) is 2. The van der Waals surface area contributed by atoms with Gasteiger partial charge in [0.05, 0.1) is 10.7 Å². The van der Waals surface area contributed by atoms with Gasteiger partial charge in [0.15, 0.2) is 5.96 Å². The van der Waals surface area contributed by atoms with E-state index in [4.69, 9.17) is 0 Å². The third kappa shape index (κ3) is 7.05. The molecule has 0 saturated carbocycles. The second kappa shape index (κ2) is 12.0. The fourth-order valence-electron chi connectivity index (χ4n) is 4.44. The molecular formula is C23H35IN6S. The van der Waals surface area contributed by atoms with Crippen molar-refractivity contribution < 1.29 is 0 Å². The van der Waals surface area contributed by atoms with Crippen molar-refractivity contribution in [3.63, 3.8) is 0 Å². The topological polar surface area (TPSA) is 55.8 Å². The number of halogens is 1. The number of aromatic nitrogens is 1. The van der Waals surface area contributed by atoms with Gasteiger partial charge < -0.3 is 15.5 Å². The normalized spacial score (nSPS) is 20.5. The first kappa shape index (κ1) is 24.3. The minimum Gasteiger partial charge on any atom is -0.369 e. The molecule has 2 saturated heterocycles. The van der Waals surface area contributed by atoms with Crippen molar-refractivity contribution in [3.8, 4) is 0 Å². The molecule has 170 valence electrons. The molecule has 2 aliphatic heterocycles. The van der Waals surface area contributed by atoms with Gasteiger partial charge in [-0.3, -0.25) is 9.89 Å². The van der Waals surface area contributed by atoms with Crippen LogP contribution in [-0.2, 0) is 6.54 Å². The van der Waals surface area contributed by atoms with Gasteiger partial charge in [-0.2, -0.15) is 0 Å². The molecule has 2 fully saturated rings. The Morgan fingerprint density at radius 1 is 1.16 bits per heavy atom. The number of likely N-dealkylation sites (tertiary alicyclic amines) is 1. The number of nitrogens with one attached hydrogen (secondary N) is 2. The predicted molar refractivity (Wildman–Crippen MR) is 142 cm³/mol. The number of nitrogens with zero attached hydrogens (tertiary/aromatic N) is 4. The Balaban J connectivity index is 0.00000272. The van der Waals surface area contributed by atoms with Crippen LogP contribution in [0, 0.1) is 12.8 Å².